The first-order valence-corrected chi connectivity index (χ1v) is 5.39. The predicted molar refractivity (Wildman–Crippen MR) is 65.2 cm³/mol. The van der Waals surface area contributed by atoms with Gasteiger partial charge in [0.25, 0.3) is 0 Å². The van der Waals surface area contributed by atoms with E-state index in [0.29, 0.717) is 5.69 Å². The summed E-state index contributed by atoms with van der Waals surface area (Å²) in [6, 6.07) is 3.90. The van der Waals surface area contributed by atoms with E-state index in [1.165, 1.54) is 0 Å². The van der Waals surface area contributed by atoms with Crippen molar-refractivity contribution in [2.24, 2.45) is 16.6 Å². The van der Waals surface area contributed by atoms with Crippen molar-refractivity contribution in [2.45, 2.75) is 6.92 Å². The number of nitrogens with two attached hydrogens (primary N) is 2. The summed E-state index contributed by atoms with van der Waals surface area (Å²) in [4.78, 5) is 4.08. The highest BCUT2D eigenvalue weighted by Crippen LogP contribution is 2.34. The van der Waals surface area contributed by atoms with Crippen molar-refractivity contribution in [3.05, 3.63) is 26.6 Å². The fraction of sp³-hybridized carbons (Fsp3) is 0.125. The highest BCUT2D eigenvalue weighted by Gasteiger charge is 2.05. The molecule has 0 amide bonds. The summed E-state index contributed by atoms with van der Waals surface area (Å²) < 4.78 is 1.73. The van der Waals surface area contributed by atoms with Crippen LogP contribution >= 0.6 is 31.9 Å². The number of benzene rings is 1. The molecule has 0 heterocycles. The summed E-state index contributed by atoms with van der Waals surface area (Å²) in [6.45, 7) is 1.99. The van der Waals surface area contributed by atoms with Gasteiger partial charge in [0.15, 0.2) is 0 Å². The molecule has 0 aromatic heterocycles. The van der Waals surface area contributed by atoms with E-state index in [0.717, 1.165) is 14.5 Å². The summed E-state index contributed by atoms with van der Waals surface area (Å²) in [5, 5.41) is 0. The van der Waals surface area contributed by atoms with E-state index in [1.54, 1.807) is 0 Å². The van der Waals surface area contributed by atoms with Gasteiger partial charge in [-0.15, -0.1) is 0 Å². The first-order chi connectivity index (χ1) is 6.54. The average Bonchev–Trinajstić information content (AvgIpc) is 2.10. The maximum atomic E-state index is 5.45. The van der Waals surface area contributed by atoms with Gasteiger partial charge in [-0.2, -0.15) is 0 Å². The van der Waals surface area contributed by atoms with Gasteiger partial charge in [-0.3, -0.25) is 5.43 Å². The molecule has 0 aliphatic carbocycles. The van der Waals surface area contributed by atoms with Crippen LogP contribution in [0, 0.1) is 6.92 Å². The molecule has 0 aliphatic heterocycles. The van der Waals surface area contributed by atoms with Gasteiger partial charge in [0.05, 0.1) is 5.69 Å². The zero-order valence-electron chi connectivity index (χ0n) is 7.51. The minimum Gasteiger partial charge on any atom is -0.369 e. The quantitative estimate of drug-likeness (QED) is 0.320. The molecule has 0 radical (unpaired) electrons. The maximum absolute atomic E-state index is 5.45. The minimum absolute atomic E-state index is 0.162. The van der Waals surface area contributed by atoms with Crippen LogP contribution in [-0.2, 0) is 0 Å². The van der Waals surface area contributed by atoms with Crippen LogP contribution in [0.15, 0.2) is 26.1 Å². The normalized spacial score (nSPS) is 11.6. The zero-order valence-corrected chi connectivity index (χ0v) is 10.7. The van der Waals surface area contributed by atoms with Gasteiger partial charge in [0, 0.05) is 8.95 Å². The number of nitrogens with zero attached hydrogens (tertiary/aromatic N) is 1. The van der Waals surface area contributed by atoms with Gasteiger partial charge in [0.2, 0.25) is 5.96 Å². The lowest BCUT2D eigenvalue weighted by Crippen LogP contribution is -2.36. The molecule has 76 valence electrons. The number of guanidine groups is 1. The molecule has 1 aromatic rings. The first-order valence-electron chi connectivity index (χ1n) is 3.81. The third kappa shape index (κ3) is 2.70. The molecule has 0 saturated heterocycles. The second-order valence-corrected chi connectivity index (χ2v) is 4.43. The van der Waals surface area contributed by atoms with Gasteiger partial charge < -0.3 is 5.73 Å². The number of halogens is 2. The van der Waals surface area contributed by atoms with Gasteiger partial charge in [-0.25, -0.2) is 10.8 Å². The third-order valence-corrected chi connectivity index (χ3v) is 2.75. The Labute approximate surface area is 99.0 Å². The topological polar surface area (TPSA) is 76.4 Å². The molecular weight excluding hydrogens is 312 g/mol. The number of aryl methyl sites for hydroxylation is 1. The summed E-state index contributed by atoms with van der Waals surface area (Å²) >= 11 is 6.79. The molecule has 0 atom stereocenters. The molecule has 0 aliphatic rings. The molecule has 0 spiro atoms. The Morgan fingerprint density at radius 1 is 1.36 bits per heavy atom. The number of aliphatic imine (C=N–C) groups is 1. The van der Waals surface area contributed by atoms with Crippen molar-refractivity contribution in [1.29, 1.82) is 0 Å². The van der Waals surface area contributed by atoms with E-state index in [-0.39, 0.29) is 5.96 Å². The van der Waals surface area contributed by atoms with Crippen molar-refractivity contribution < 1.29 is 0 Å². The van der Waals surface area contributed by atoms with Crippen molar-refractivity contribution in [2.75, 3.05) is 0 Å². The molecule has 0 unspecified atom stereocenters. The lowest BCUT2D eigenvalue weighted by atomic mass is 10.2. The molecule has 0 fully saturated rings. The standard InChI is InChI=1S/C8H10Br2N4/c1-4-2-5(9)7(6(10)3-4)13-8(11)14-12/h2-3H,12H2,1H3,(H3,11,13,14). The van der Waals surface area contributed by atoms with Gasteiger partial charge in [-0.1, -0.05) is 0 Å². The molecule has 0 bridgehead atoms. The Bertz CT molecular complexity index is 353. The average molecular weight is 322 g/mol. The highest BCUT2D eigenvalue weighted by molar-refractivity contribution is 9.11. The van der Waals surface area contributed by atoms with E-state index in [4.69, 9.17) is 11.6 Å². The molecule has 0 saturated carbocycles. The summed E-state index contributed by atoms with van der Waals surface area (Å²) in [5.74, 6) is 5.28. The summed E-state index contributed by atoms with van der Waals surface area (Å²) in [6.07, 6.45) is 0. The zero-order chi connectivity index (χ0) is 10.7. The van der Waals surface area contributed by atoms with Crippen molar-refractivity contribution in [3.8, 4) is 0 Å². The Hall–Kier alpha value is -0.590. The Morgan fingerprint density at radius 2 is 1.86 bits per heavy atom. The Kier molecular flexibility index (Phi) is 3.91. The number of hydrogen-bond acceptors (Lipinski definition) is 2. The van der Waals surface area contributed by atoms with E-state index in [2.05, 4.69) is 42.3 Å². The number of hydrogen-bond donors (Lipinski definition) is 3. The SMILES string of the molecule is Cc1cc(Br)c(N=C(N)NN)c(Br)c1. The number of hydrazine groups is 1. The fourth-order valence-electron chi connectivity index (χ4n) is 0.952. The monoisotopic (exact) mass is 320 g/mol. The van der Waals surface area contributed by atoms with Crippen LogP contribution in [-0.4, -0.2) is 5.96 Å². The third-order valence-electron chi connectivity index (χ3n) is 1.54. The number of rotatable bonds is 1. The molecule has 6 heteroatoms. The second kappa shape index (κ2) is 4.77. The Balaban J connectivity index is 3.21. The van der Waals surface area contributed by atoms with Crippen LogP contribution in [0.25, 0.3) is 0 Å². The summed E-state index contributed by atoms with van der Waals surface area (Å²) in [5.41, 5.74) is 9.56. The maximum Gasteiger partial charge on any atom is 0.208 e. The lowest BCUT2D eigenvalue weighted by molar-refractivity contribution is 1.01. The van der Waals surface area contributed by atoms with Crippen LogP contribution in [0.1, 0.15) is 5.56 Å². The molecule has 1 rings (SSSR count). The van der Waals surface area contributed by atoms with E-state index >= 15 is 0 Å². The van der Waals surface area contributed by atoms with Crippen molar-refractivity contribution >= 4 is 43.5 Å². The van der Waals surface area contributed by atoms with Gasteiger partial charge in [-0.05, 0) is 56.5 Å². The molecule has 4 nitrogen and oxygen atoms in total. The van der Waals surface area contributed by atoms with Crippen molar-refractivity contribution in [1.82, 2.24) is 5.43 Å². The molecule has 1 aromatic carbocycles. The first kappa shape index (κ1) is 11.5. The minimum atomic E-state index is 0.162. The molecule has 5 N–H and O–H groups in total. The highest BCUT2D eigenvalue weighted by atomic mass is 79.9. The fourth-order valence-corrected chi connectivity index (χ4v) is 2.54. The van der Waals surface area contributed by atoms with Gasteiger partial charge in [0.1, 0.15) is 0 Å². The van der Waals surface area contributed by atoms with E-state index < -0.39 is 0 Å². The molecule has 14 heavy (non-hydrogen) atoms. The molecular formula is C8H10Br2N4. The Morgan fingerprint density at radius 3 is 2.29 bits per heavy atom. The van der Waals surface area contributed by atoms with Crippen LogP contribution in [0.4, 0.5) is 5.69 Å². The van der Waals surface area contributed by atoms with Crippen LogP contribution in [0.5, 0.6) is 0 Å². The van der Waals surface area contributed by atoms with E-state index in [1.807, 2.05) is 19.1 Å². The number of nitrogens with one attached hydrogen (secondary N) is 1. The van der Waals surface area contributed by atoms with Crippen LogP contribution in [0.2, 0.25) is 0 Å². The van der Waals surface area contributed by atoms with Crippen LogP contribution in [0.3, 0.4) is 0 Å². The van der Waals surface area contributed by atoms with E-state index in [9.17, 15) is 0 Å². The second-order valence-electron chi connectivity index (χ2n) is 2.72. The van der Waals surface area contributed by atoms with Crippen LogP contribution < -0.4 is 17.0 Å². The lowest BCUT2D eigenvalue weighted by Gasteiger charge is -2.05. The van der Waals surface area contributed by atoms with Gasteiger partial charge >= 0.3 is 0 Å². The summed E-state index contributed by atoms with van der Waals surface area (Å²) in [7, 11) is 0. The smallest absolute Gasteiger partial charge is 0.208 e. The van der Waals surface area contributed by atoms with Crippen molar-refractivity contribution in [3.63, 3.8) is 0 Å². The largest absolute Gasteiger partial charge is 0.369 e. The predicted octanol–water partition coefficient (Wildman–Crippen LogP) is 1.93.